The van der Waals surface area contributed by atoms with Crippen molar-refractivity contribution >= 4 is 11.8 Å². The Hall–Kier alpha value is -1.96. The summed E-state index contributed by atoms with van der Waals surface area (Å²) in [6.07, 6.45) is 4.06. The standard InChI is InChI=1S/C14H15NO/c1-15-10-6-9-13(15)11-14(16-2)12-7-4-3-5-8-12/h3-11H,1-2H3/b14-11-. The zero-order valence-electron chi connectivity index (χ0n) is 9.55. The van der Waals surface area contributed by atoms with Crippen LogP contribution in [0.1, 0.15) is 11.3 Å². The van der Waals surface area contributed by atoms with Crippen LogP contribution >= 0.6 is 0 Å². The topological polar surface area (TPSA) is 14.2 Å². The molecule has 0 aliphatic rings. The van der Waals surface area contributed by atoms with E-state index in [1.54, 1.807) is 7.11 Å². The summed E-state index contributed by atoms with van der Waals surface area (Å²) in [5.74, 6) is 0.877. The predicted molar refractivity (Wildman–Crippen MR) is 66.7 cm³/mol. The first-order valence-electron chi connectivity index (χ1n) is 5.23. The molecule has 0 radical (unpaired) electrons. The minimum Gasteiger partial charge on any atom is -0.496 e. The fourth-order valence-corrected chi connectivity index (χ4v) is 1.62. The van der Waals surface area contributed by atoms with Crippen LogP contribution in [-0.4, -0.2) is 11.7 Å². The van der Waals surface area contributed by atoms with Gasteiger partial charge in [0.2, 0.25) is 0 Å². The number of aryl methyl sites for hydroxylation is 1. The molecule has 0 bridgehead atoms. The molecule has 0 N–H and O–H groups in total. The summed E-state index contributed by atoms with van der Waals surface area (Å²) in [4.78, 5) is 0. The molecule has 2 heteroatoms. The molecule has 0 unspecified atom stereocenters. The molecule has 0 aliphatic carbocycles. The molecule has 16 heavy (non-hydrogen) atoms. The van der Waals surface area contributed by atoms with Crippen molar-refractivity contribution < 1.29 is 4.74 Å². The lowest BCUT2D eigenvalue weighted by molar-refractivity contribution is 0.372. The number of ether oxygens (including phenoxy) is 1. The molecule has 0 fully saturated rings. The highest BCUT2D eigenvalue weighted by Gasteiger charge is 2.01. The van der Waals surface area contributed by atoms with E-state index in [1.165, 1.54) is 0 Å². The Kier molecular flexibility index (Phi) is 3.10. The van der Waals surface area contributed by atoms with Crippen molar-refractivity contribution in [2.24, 2.45) is 7.05 Å². The van der Waals surface area contributed by atoms with Gasteiger partial charge < -0.3 is 9.30 Å². The smallest absolute Gasteiger partial charge is 0.128 e. The van der Waals surface area contributed by atoms with Crippen LogP contribution in [0.4, 0.5) is 0 Å². The zero-order valence-corrected chi connectivity index (χ0v) is 9.55. The second kappa shape index (κ2) is 4.71. The maximum absolute atomic E-state index is 5.41. The minimum absolute atomic E-state index is 0.877. The maximum atomic E-state index is 5.41. The third-order valence-electron chi connectivity index (χ3n) is 2.54. The van der Waals surface area contributed by atoms with Crippen LogP contribution in [0.3, 0.4) is 0 Å². The van der Waals surface area contributed by atoms with Crippen molar-refractivity contribution in [1.29, 1.82) is 0 Å². The molecule has 2 nitrogen and oxygen atoms in total. The van der Waals surface area contributed by atoms with Crippen molar-refractivity contribution in [3.8, 4) is 0 Å². The highest BCUT2D eigenvalue weighted by Crippen LogP contribution is 2.18. The lowest BCUT2D eigenvalue weighted by Crippen LogP contribution is -1.91. The summed E-state index contributed by atoms with van der Waals surface area (Å²) in [5, 5.41) is 0. The molecule has 82 valence electrons. The van der Waals surface area contributed by atoms with E-state index in [2.05, 4.69) is 10.6 Å². The van der Waals surface area contributed by atoms with Crippen molar-refractivity contribution in [2.75, 3.05) is 7.11 Å². The van der Waals surface area contributed by atoms with E-state index in [-0.39, 0.29) is 0 Å². The highest BCUT2D eigenvalue weighted by atomic mass is 16.5. The van der Waals surface area contributed by atoms with Crippen molar-refractivity contribution in [3.05, 3.63) is 59.9 Å². The van der Waals surface area contributed by atoms with Gasteiger partial charge in [-0.25, -0.2) is 0 Å². The Morgan fingerprint density at radius 1 is 1.12 bits per heavy atom. The number of nitrogens with zero attached hydrogens (tertiary/aromatic N) is 1. The third-order valence-corrected chi connectivity index (χ3v) is 2.54. The van der Waals surface area contributed by atoms with E-state index in [0.29, 0.717) is 0 Å². The van der Waals surface area contributed by atoms with Crippen LogP contribution in [-0.2, 0) is 11.8 Å². The van der Waals surface area contributed by atoms with Gasteiger partial charge in [0, 0.05) is 30.6 Å². The van der Waals surface area contributed by atoms with Crippen LogP contribution in [0.25, 0.3) is 11.8 Å². The first-order valence-corrected chi connectivity index (χ1v) is 5.23. The largest absolute Gasteiger partial charge is 0.496 e. The van der Waals surface area contributed by atoms with Gasteiger partial charge in [0.1, 0.15) is 5.76 Å². The summed E-state index contributed by atoms with van der Waals surface area (Å²) in [6, 6.07) is 14.2. The molecular weight excluding hydrogens is 198 g/mol. The molecular formula is C14H15NO. The normalized spacial score (nSPS) is 11.5. The zero-order chi connectivity index (χ0) is 11.4. The summed E-state index contributed by atoms with van der Waals surface area (Å²) in [6.45, 7) is 0. The third kappa shape index (κ3) is 2.16. The van der Waals surface area contributed by atoms with Crippen LogP contribution in [0.2, 0.25) is 0 Å². The van der Waals surface area contributed by atoms with Crippen molar-refractivity contribution in [3.63, 3.8) is 0 Å². The predicted octanol–water partition coefficient (Wildman–Crippen LogP) is 3.17. The molecule has 1 heterocycles. The van der Waals surface area contributed by atoms with E-state index in [9.17, 15) is 0 Å². The molecule has 1 aromatic heterocycles. The maximum Gasteiger partial charge on any atom is 0.128 e. The highest BCUT2D eigenvalue weighted by molar-refractivity contribution is 5.76. The Balaban J connectivity index is 2.37. The van der Waals surface area contributed by atoms with Crippen LogP contribution in [0.5, 0.6) is 0 Å². The van der Waals surface area contributed by atoms with Crippen LogP contribution in [0.15, 0.2) is 48.7 Å². The van der Waals surface area contributed by atoms with E-state index in [4.69, 9.17) is 4.74 Å². The molecule has 0 amide bonds. The fraction of sp³-hybridized carbons (Fsp3) is 0.143. The van der Waals surface area contributed by atoms with Gasteiger partial charge in [-0.15, -0.1) is 0 Å². The van der Waals surface area contributed by atoms with Gasteiger partial charge >= 0.3 is 0 Å². The number of methoxy groups -OCH3 is 1. The second-order valence-corrected chi connectivity index (χ2v) is 3.62. The number of hydrogen-bond donors (Lipinski definition) is 0. The van der Waals surface area contributed by atoms with Gasteiger partial charge in [0.05, 0.1) is 7.11 Å². The van der Waals surface area contributed by atoms with Crippen LogP contribution in [0, 0.1) is 0 Å². The molecule has 0 aliphatic heterocycles. The lowest BCUT2D eigenvalue weighted by Gasteiger charge is -2.06. The Bertz CT molecular complexity index is 482. The Morgan fingerprint density at radius 2 is 1.88 bits per heavy atom. The monoisotopic (exact) mass is 213 g/mol. The summed E-state index contributed by atoms with van der Waals surface area (Å²) in [5.41, 5.74) is 2.21. The SMILES string of the molecule is CO/C(=C\c1cccn1C)c1ccccc1. The molecule has 1 aromatic carbocycles. The van der Waals surface area contributed by atoms with Crippen LogP contribution < -0.4 is 0 Å². The Morgan fingerprint density at radius 3 is 2.44 bits per heavy atom. The molecule has 0 spiro atoms. The first-order chi connectivity index (χ1) is 7.81. The van der Waals surface area contributed by atoms with Gasteiger partial charge in [-0.2, -0.15) is 0 Å². The average molecular weight is 213 g/mol. The number of benzene rings is 1. The number of rotatable bonds is 3. The van der Waals surface area contributed by atoms with Crippen molar-refractivity contribution in [2.45, 2.75) is 0 Å². The van der Waals surface area contributed by atoms with Crippen molar-refractivity contribution in [1.82, 2.24) is 4.57 Å². The van der Waals surface area contributed by atoms with Gasteiger partial charge in [0.15, 0.2) is 0 Å². The molecule has 2 rings (SSSR count). The minimum atomic E-state index is 0.877. The van der Waals surface area contributed by atoms with E-state index >= 15 is 0 Å². The molecule has 0 saturated carbocycles. The second-order valence-electron chi connectivity index (χ2n) is 3.62. The summed E-state index contributed by atoms with van der Waals surface area (Å²) in [7, 11) is 3.71. The van der Waals surface area contributed by atoms with Gasteiger partial charge in [-0.3, -0.25) is 0 Å². The Labute approximate surface area is 95.8 Å². The number of aromatic nitrogens is 1. The quantitative estimate of drug-likeness (QED) is 0.714. The summed E-state index contributed by atoms with van der Waals surface area (Å²) >= 11 is 0. The van der Waals surface area contributed by atoms with E-state index in [0.717, 1.165) is 17.0 Å². The lowest BCUT2D eigenvalue weighted by atomic mass is 10.1. The van der Waals surface area contributed by atoms with E-state index < -0.39 is 0 Å². The molecule has 2 aromatic rings. The summed E-state index contributed by atoms with van der Waals surface area (Å²) < 4.78 is 7.47. The molecule has 0 atom stereocenters. The number of hydrogen-bond acceptors (Lipinski definition) is 1. The fourth-order valence-electron chi connectivity index (χ4n) is 1.62. The van der Waals surface area contributed by atoms with Gasteiger partial charge in [-0.1, -0.05) is 30.3 Å². The first kappa shape index (κ1) is 10.6. The average Bonchev–Trinajstić information content (AvgIpc) is 2.73. The van der Waals surface area contributed by atoms with E-state index in [1.807, 2.05) is 55.7 Å². The van der Waals surface area contributed by atoms with Gasteiger partial charge in [0.25, 0.3) is 0 Å². The molecule has 0 saturated heterocycles. The van der Waals surface area contributed by atoms with Gasteiger partial charge in [-0.05, 0) is 12.1 Å².